The predicted molar refractivity (Wildman–Crippen MR) is 63.5 cm³/mol. The standard InChI is InChI=1S/C13H13NO3/c1-4-9(2)17-13(16)11-7-5-6-10(8-11)12(15)14-3/h1,5-9H,2-3H3,(H,14,15)/t9-/m0/s1. The highest BCUT2D eigenvalue weighted by atomic mass is 16.5. The average Bonchev–Trinajstić information content (AvgIpc) is 2.37. The van der Waals surface area contributed by atoms with Crippen molar-refractivity contribution in [1.29, 1.82) is 0 Å². The van der Waals surface area contributed by atoms with Gasteiger partial charge in [-0.05, 0) is 25.1 Å². The minimum absolute atomic E-state index is 0.260. The first-order chi connectivity index (χ1) is 8.08. The van der Waals surface area contributed by atoms with Gasteiger partial charge in [-0.15, -0.1) is 6.42 Å². The molecular formula is C13H13NO3. The number of esters is 1. The van der Waals surface area contributed by atoms with Gasteiger partial charge in [-0.3, -0.25) is 4.79 Å². The number of rotatable bonds is 3. The second kappa shape index (κ2) is 5.71. The van der Waals surface area contributed by atoms with Gasteiger partial charge < -0.3 is 10.1 Å². The van der Waals surface area contributed by atoms with Gasteiger partial charge in [0.2, 0.25) is 0 Å². The Morgan fingerprint density at radius 1 is 1.41 bits per heavy atom. The molecule has 0 saturated heterocycles. The zero-order valence-electron chi connectivity index (χ0n) is 9.69. The molecule has 0 bridgehead atoms. The normalized spacial score (nSPS) is 11.1. The van der Waals surface area contributed by atoms with E-state index in [1.807, 2.05) is 0 Å². The molecule has 0 radical (unpaired) electrons. The monoisotopic (exact) mass is 231 g/mol. The number of hydrogen-bond acceptors (Lipinski definition) is 3. The molecule has 1 N–H and O–H groups in total. The number of carbonyl (C=O) groups is 2. The molecule has 0 aliphatic rings. The van der Waals surface area contributed by atoms with Gasteiger partial charge in [0.05, 0.1) is 5.56 Å². The van der Waals surface area contributed by atoms with Gasteiger partial charge in [-0.2, -0.15) is 0 Å². The van der Waals surface area contributed by atoms with Gasteiger partial charge in [0.1, 0.15) is 0 Å². The summed E-state index contributed by atoms with van der Waals surface area (Å²) < 4.78 is 4.95. The van der Waals surface area contributed by atoms with Crippen LogP contribution in [0.1, 0.15) is 27.6 Å². The summed E-state index contributed by atoms with van der Waals surface area (Å²) >= 11 is 0. The maximum absolute atomic E-state index is 11.6. The largest absolute Gasteiger partial charge is 0.446 e. The van der Waals surface area contributed by atoms with Gasteiger partial charge in [0.25, 0.3) is 5.91 Å². The van der Waals surface area contributed by atoms with Crippen molar-refractivity contribution in [1.82, 2.24) is 5.32 Å². The van der Waals surface area contributed by atoms with Gasteiger partial charge in [0, 0.05) is 12.6 Å². The minimum atomic E-state index is -0.592. The molecule has 1 aromatic rings. The van der Waals surface area contributed by atoms with Crippen LogP contribution in [-0.2, 0) is 4.74 Å². The second-order valence-electron chi connectivity index (χ2n) is 3.37. The van der Waals surface area contributed by atoms with Crippen LogP contribution in [0.2, 0.25) is 0 Å². The van der Waals surface area contributed by atoms with E-state index in [9.17, 15) is 9.59 Å². The first-order valence-corrected chi connectivity index (χ1v) is 5.07. The van der Waals surface area contributed by atoms with E-state index in [1.54, 1.807) is 25.1 Å². The van der Waals surface area contributed by atoms with Crippen LogP contribution in [0.4, 0.5) is 0 Å². The van der Waals surface area contributed by atoms with Gasteiger partial charge in [-0.1, -0.05) is 12.0 Å². The van der Waals surface area contributed by atoms with Crippen LogP contribution < -0.4 is 5.32 Å². The molecular weight excluding hydrogens is 218 g/mol. The maximum atomic E-state index is 11.6. The fourth-order valence-electron chi connectivity index (χ4n) is 1.19. The fourth-order valence-corrected chi connectivity index (χ4v) is 1.19. The van der Waals surface area contributed by atoms with Crippen molar-refractivity contribution in [3.8, 4) is 12.3 Å². The molecule has 0 aliphatic carbocycles. The Labute approximate surface area is 100.0 Å². The van der Waals surface area contributed by atoms with E-state index in [0.717, 1.165) is 0 Å². The van der Waals surface area contributed by atoms with E-state index >= 15 is 0 Å². The molecule has 0 aromatic heterocycles. The highest BCUT2D eigenvalue weighted by molar-refractivity contribution is 5.97. The van der Waals surface area contributed by atoms with Crippen LogP contribution in [0.5, 0.6) is 0 Å². The van der Waals surface area contributed by atoms with Crippen LogP contribution in [0, 0.1) is 12.3 Å². The van der Waals surface area contributed by atoms with Crippen LogP contribution in [0.15, 0.2) is 24.3 Å². The van der Waals surface area contributed by atoms with Crippen molar-refractivity contribution in [3.05, 3.63) is 35.4 Å². The molecule has 0 aliphatic heterocycles. The number of hydrogen-bond donors (Lipinski definition) is 1. The summed E-state index contributed by atoms with van der Waals surface area (Å²) in [5.74, 6) is 1.49. The Kier molecular flexibility index (Phi) is 4.29. The van der Waals surface area contributed by atoms with E-state index in [1.165, 1.54) is 13.1 Å². The molecule has 0 unspecified atom stereocenters. The summed E-state index contributed by atoms with van der Waals surface area (Å²) in [4.78, 5) is 23.0. The molecule has 1 rings (SSSR count). The predicted octanol–water partition coefficient (Wildman–Crippen LogP) is 1.22. The van der Waals surface area contributed by atoms with E-state index in [2.05, 4.69) is 11.2 Å². The SMILES string of the molecule is C#C[C@H](C)OC(=O)c1cccc(C(=O)NC)c1. The third kappa shape index (κ3) is 3.35. The molecule has 1 aromatic carbocycles. The molecule has 4 nitrogen and oxygen atoms in total. The lowest BCUT2D eigenvalue weighted by molar-refractivity contribution is 0.0439. The molecule has 0 saturated carbocycles. The van der Waals surface area contributed by atoms with Crippen molar-refractivity contribution in [2.24, 2.45) is 0 Å². The summed E-state index contributed by atoms with van der Waals surface area (Å²) in [6.07, 6.45) is 4.52. The Morgan fingerprint density at radius 3 is 2.65 bits per heavy atom. The van der Waals surface area contributed by atoms with Crippen LogP contribution in [0.25, 0.3) is 0 Å². The topological polar surface area (TPSA) is 55.4 Å². The van der Waals surface area contributed by atoms with Crippen LogP contribution in [-0.4, -0.2) is 25.0 Å². The lowest BCUT2D eigenvalue weighted by atomic mass is 10.1. The Balaban J connectivity index is 2.89. The maximum Gasteiger partial charge on any atom is 0.339 e. The van der Waals surface area contributed by atoms with E-state index in [4.69, 9.17) is 11.2 Å². The zero-order valence-corrected chi connectivity index (χ0v) is 9.69. The Morgan fingerprint density at radius 2 is 2.06 bits per heavy atom. The number of carbonyl (C=O) groups excluding carboxylic acids is 2. The number of ether oxygens (including phenoxy) is 1. The molecule has 1 atom stereocenters. The molecule has 0 heterocycles. The zero-order chi connectivity index (χ0) is 12.8. The second-order valence-corrected chi connectivity index (χ2v) is 3.37. The first-order valence-electron chi connectivity index (χ1n) is 5.07. The quantitative estimate of drug-likeness (QED) is 0.628. The minimum Gasteiger partial charge on any atom is -0.446 e. The highest BCUT2D eigenvalue weighted by Crippen LogP contribution is 2.08. The summed E-state index contributed by atoms with van der Waals surface area (Å²) in [7, 11) is 1.52. The van der Waals surface area contributed by atoms with Crippen molar-refractivity contribution in [2.75, 3.05) is 7.05 Å². The summed E-state index contributed by atoms with van der Waals surface area (Å²) in [6.45, 7) is 1.60. The third-order valence-electron chi connectivity index (χ3n) is 2.11. The number of benzene rings is 1. The lowest BCUT2D eigenvalue weighted by Crippen LogP contribution is -2.19. The molecule has 88 valence electrons. The van der Waals surface area contributed by atoms with Crippen molar-refractivity contribution >= 4 is 11.9 Å². The van der Waals surface area contributed by atoms with E-state index in [0.29, 0.717) is 11.1 Å². The average molecular weight is 231 g/mol. The Hall–Kier alpha value is -2.28. The molecule has 0 fully saturated rings. The summed E-state index contributed by atoms with van der Waals surface area (Å²) in [5, 5.41) is 2.48. The molecule has 4 heteroatoms. The van der Waals surface area contributed by atoms with E-state index in [-0.39, 0.29) is 5.91 Å². The van der Waals surface area contributed by atoms with Crippen LogP contribution >= 0.6 is 0 Å². The summed E-state index contributed by atoms with van der Waals surface area (Å²) in [5.41, 5.74) is 0.698. The molecule has 0 spiro atoms. The van der Waals surface area contributed by atoms with Gasteiger partial charge in [-0.25, -0.2) is 4.79 Å². The Bertz CT molecular complexity index is 474. The van der Waals surface area contributed by atoms with Crippen LogP contribution in [0.3, 0.4) is 0 Å². The number of amides is 1. The van der Waals surface area contributed by atoms with Gasteiger partial charge in [0.15, 0.2) is 6.10 Å². The number of nitrogens with one attached hydrogen (secondary N) is 1. The van der Waals surface area contributed by atoms with Crippen molar-refractivity contribution in [2.45, 2.75) is 13.0 Å². The lowest BCUT2D eigenvalue weighted by Gasteiger charge is -2.08. The fraction of sp³-hybridized carbons (Fsp3) is 0.231. The molecule has 1 amide bonds. The van der Waals surface area contributed by atoms with E-state index < -0.39 is 12.1 Å². The first kappa shape index (κ1) is 12.8. The summed E-state index contributed by atoms with van der Waals surface area (Å²) in [6, 6.07) is 6.25. The van der Waals surface area contributed by atoms with Crippen molar-refractivity contribution in [3.63, 3.8) is 0 Å². The highest BCUT2D eigenvalue weighted by Gasteiger charge is 2.12. The molecule has 17 heavy (non-hydrogen) atoms. The number of terminal acetylenes is 1. The third-order valence-corrected chi connectivity index (χ3v) is 2.11. The van der Waals surface area contributed by atoms with Crippen molar-refractivity contribution < 1.29 is 14.3 Å². The smallest absolute Gasteiger partial charge is 0.339 e. The van der Waals surface area contributed by atoms with Gasteiger partial charge >= 0.3 is 5.97 Å².